The molecule has 150 valence electrons. The Balaban J connectivity index is 1.67. The molecular weight excluding hydrogens is 445 g/mol. The zero-order chi connectivity index (χ0) is 21.5. The maximum absolute atomic E-state index is 12.5. The fraction of sp³-hybridized carbons (Fsp3) is 0.0476. The van der Waals surface area contributed by atoms with E-state index in [9.17, 15) is 14.9 Å². The average Bonchev–Trinajstić information content (AvgIpc) is 2.75. The molecule has 1 amide bonds. The van der Waals surface area contributed by atoms with Crippen molar-refractivity contribution < 1.29 is 14.3 Å². The van der Waals surface area contributed by atoms with Gasteiger partial charge in [0.1, 0.15) is 6.07 Å². The van der Waals surface area contributed by atoms with E-state index in [1.165, 1.54) is 24.0 Å². The molecule has 0 bridgehead atoms. The zero-order valence-electron chi connectivity index (χ0n) is 15.3. The van der Waals surface area contributed by atoms with E-state index < -0.39 is 18.5 Å². The maximum atomic E-state index is 12.5. The predicted molar refractivity (Wildman–Crippen MR) is 115 cm³/mol. The molecule has 2 aromatic carbocycles. The lowest BCUT2D eigenvalue weighted by Gasteiger charge is -2.10. The fourth-order valence-electron chi connectivity index (χ4n) is 2.37. The van der Waals surface area contributed by atoms with Gasteiger partial charge in [0.25, 0.3) is 5.91 Å². The van der Waals surface area contributed by atoms with Gasteiger partial charge in [0, 0.05) is 16.0 Å². The van der Waals surface area contributed by atoms with E-state index in [4.69, 9.17) is 27.9 Å². The molecule has 0 aliphatic heterocycles. The second kappa shape index (κ2) is 10.1. The Bertz CT molecular complexity index is 1150. The third-order valence-electron chi connectivity index (χ3n) is 3.73. The number of carbonyl (C=O) groups excluding carboxylic acids is 2. The maximum Gasteiger partial charge on any atom is 0.339 e. The minimum absolute atomic E-state index is 0.117. The van der Waals surface area contributed by atoms with Gasteiger partial charge in [0.15, 0.2) is 12.4 Å². The smallest absolute Gasteiger partial charge is 0.339 e. The first kappa shape index (κ1) is 21.7. The number of nitrogens with zero attached hydrogens (tertiary/aromatic N) is 2. The van der Waals surface area contributed by atoms with Crippen LogP contribution in [0, 0.1) is 11.3 Å². The van der Waals surface area contributed by atoms with Crippen LogP contribution in [0.25, 0.3) is 0 Å². The third kappa shape index (κ3) is 5.51. The van der Waals surface area contributed by atoms with E-state index in [-0.39, 0.29) is 16.4 Å². The minimum Gasteiger partial charge on any atom is -0.452 e. The van der Waals surface area contributed by atoms with Crippen LogP contribution >= 0.6 is 35.0 Å². The number of aromatic nitrogens is 1. The summed E-state index contributed by atoms with van der Waals surface area (Å²) >= 11 is 13.0. The number of rotatable bonds is 6. The Morgan fingerprint density at radius 1 is 1.10 bits per heavy atom. The highest BCUT2D eigenvalue weighted by atomic mass is 35.5. The minimum atomic E-state index is -0.669. The Labute approximate surface area is 186 Å². The molecule has 0 unspecified atom stereocenters. The molecule has 3 aromatic rings. The van der Waals surface area contributed by atoms with E-state index in [2.05, 4.69) is 16.4 Å². The third-order valence-corrected chi connectivity index (χ3v) is 5.38. The number of esters is 1. The quantitative estimate of drug-likeness (QED) is 0.510. The molecule has 1 heterocycles. The number of nitrogens with one attached hydrogen (secondary N) is 1. The lowest BCUT2D eigenvalue weighted by molar-refractivity contribution is -0.119. The van der Waals surface area contributed by atoms with Gasteiger partial charge in [-0.2, -0.15) is 5.26 Å². The van der Waals surface area contributed by atoms with Gasteiger partial charge in [0.05, 0.1) is 21.2 Å². The van der Waals surface area contributed by atoms with E-state index in [0.29, 0.717) is 20.4 Å². The summed E-state index contributed by atoms with van der Waals surface area (Å²) in [5, 5.41) is 12.2. The highest BCUT2D eigenvalue weighted by Gasteiger charge is 2.17. The summed E-state index contributed by atoms with van der Waals surface area (Å²) in [4.78, 5) is 29.9. The van der Waals surface area contributed by atoms with Crippen molar-refractivity contribution in [2.24, 2.45) is 0 Å². The summed E-state index contributed by atoms with van der Waals surface area (Å²) < 4.78 is 5.13. The molecule has 0 spiro atoms. The number of ether oxygens (including phenoxy) is 1. The lowest BCUT2D eigenvalue weighted by Crippen LogP contribution is -2.21. The van der Waals surface area contributed by atoms with Crippen molar-refractivity contribution in [3.05, 3.63) is 82.0 Å². The van der Waals surface area contributed by atoms with Crippen LogP contribution in [0.2, 0.25) is 10.0 Å². The van der Waals surface area contributed by atoms with Crippen LogP contribution in [0.5, 0.6) is 0 Å². The van der Waals surface area contributed by atoms with Gasteiger partial charge >= 0.3 is 5.97 Å². The monoisotopic (exact) mass is 457 g/mol. The molecule has 0 radical (unpaired) electrons. The largest absolute Gasteiger partial charge is 0.452 e. The van der Waals surface area contributed by atoms with Crippen LogP contribution in [-0.4, -0.2) is 23.5 Å². The second-order valence-corrected chi connectivity index (χ2v) is 7.74. The molecule has 0 saturated heterocycles. The molecule has 1 N–H and O–H groups in total. The molecule has 0 saturated carbocycles. The number of hydrogen-bond acceptors (Lipinski definition) is 6. The second-order valence-electron chi connectivity index (χ2n) is 5.81. The molecule has 0 fully saturated rings. The number of benzene rings is 2. The molecule has 9 heteroatoms. The number of carbonyl (C=O) groups is 2. The summed E-state index contributed by atoms with van der Waals surface area (Å²) in [6, 6.07) is 17.4. The number of hydrogen-bond donors (Lipinski definition) is 1. The summed E-state index contributed by atoms with van der Waals surface area (Å²) in [7, 11) is 0. The highest BCUT2D eigenvalue weighted by molar-refractivity contribution is 7.99. The van der Waals surface area contributed by atoms with Crippen LogP contribution in [-0.2, 0) is 9.53 Å². The summed E-state index contributed by atoms with van der Waals surface area (Å²) in [6.45, 7) is -0.521. The Hall–Kier alpha value is -3.05. The van der Waals surface area contributed by atoms with Gasteiger partial charge in [-0.3, -0.25) is 4.79 Å². The average molecular weight is 458 g/mol. The normalized spacial score (nSPS) is 10.2. The Morgan fingerprint density at radius 2 is 1.80 bits per heavy atom. The van der Waals surface area contributed by atoms with Crippen LogP contribution in [0.3, 0.4) is 0 Å². The SMILES string of the molecule is N#Cc1ccccc1Sc1ccccc1C(=O)OCC(=O)Nc1ncc(Cl)cc1Cl. The topological polar surface area (TPSA) is 92.1 Å². The van der Waals surface area contributed by atoms with Gasteiger partial charge < -0.3 is 10.1 Å². The molecule has 0 aliphatic carbocycles. The van der Waals surface area contributed by atoms with Gasteiger partial charge in [-0.1, -0.05) is 59.2 Å². The van der Waals surface area contributed by atoms with Crippen molar-refractivity contribution in [2.45, 2.75) is 9.79 Å². The number of anilines is 1. The van der Waals surface area contributed by atoms with Gasteiger partial charge in [-0.05, 0) is 30.3 Å². The molecule has 0 aliphatic rings. The van der Waals surface area contributed by atoms with Gasteiger partial charge in [0.2, 0.25) is 0 Å². The Kier molecular flexibility index (Phi) is 7.31. The predicted octanol–water partition coefficient (Wildman–Crippen LogP) is 5.21. The van der Waals surface area contributed by atoms with Crippen molar-refractivity contribution in [3.63, 3.8) is 0 Å². The molecule has 30 heavy (non-hydrogen) atoms. The van der Waals surface area contributed by atoms with Crippen LogP contribution in [0.1, 0.15) is 15.9 Å². The Morgan fingerprint density at radius 3 is 2.53 bits per heavy atom. The highest BCUT2D eigenvalue weighted by Crippen LogP contribution is 2.32. The first-order valence-electron chi connectivity index (χ1n) is 8.52. The van der Waals surface area contributed by atoms with Gasteiger partial charge in [-0.15, -0.1) is 0 Å². The van der Waals surface area contributed by atoms with E-state index >= 15 is 0 Å². The van der Waals surface area contributed by atoms with Crippen molar-refractivity contribution in [1.29, 1.82) is 5.26 Å². The molecular formula is C21H13Cl2N3O3S. The van der Waals surface area contributed by atoms with Crippen molar-refractivity contribution in [2.75, 3.05) is 11.9 Å². The molecule has 0 atom stereocenters. The standard InChI is InChI=1S/C21H13Cl2N3O3S/c22-14-9-16(23)20(25-11-14)26-19(27)12-29-21(28)15-6-2-4-8-18(15)30-17-7-3-1-5-13(17)10-24/h1-9,11H,12H2,(H,25,26,27). The van der Waals surface area contributed by atoms with Crippen LogP contribution in [0.4, 0.5) is 5.82 Å². The molecule has 6 nitrogen and oxygen atoms in total. The lowest BCUT2D eigenvalue weighted by atomic mass is 10.2. The van der Waals surface area contributed by atoms with Gasteiger partial charge in [-0.25, -0.2) is 9.78 Å². The van der Waals surface area contributed by atoms with E-state index in [1.807, 2.05) is 6.07 Å². The number of nitriles is 1. The van der Waals surface area contributed by atoms with Crippen LogP contribution < -0.4 is 5.32 Å². The summed E-state index contributed by atoms with van der Waals surface area (Å²) in [5.41, 5.74) is 0.781. The van der Waals surface area contributed by atoms with E-state index in [0.717, 1.165) is 0 Å². The number of halogens is 2. The fourth-order valence-corrected chi connectivity index (χ4v) is 3.82. The molecule has 3 rings (SSSR count). The number of amides is 1. The first-order valence-corrected chi connectivity index (χ1v) is 10.1. The molecule has 1 aromatic heterocycles. The summed E-state index contributed by atoms with van der Waals surface area (Å²) in [6.07, 6.45) is 1.33. The zero-order valence-corrected chi connectivity index (χ0v) is 17.6. The van der Waals surface area contributed by atoms with Crippen molar-refractivity contribution >= 4 is 52.7 Å². The number of pyridine rings is 1. The summed E-state index contributed by atoms with van der Waals surface area (Å²) in [5.74, 6) is -1.15. The first-order chi connectivity index (χ1) is 14.5. The van der Waals surface area contributed by atoms with Crippen molar-refractivity contribution in [1.82, 2.24) is 4.98 Å². The van der Waals surface area contributed by atoms with E-state index in [1.54, 1.807) is 42.5 Å². The van der Waals surface area contributed by atoms with Crippen LogP contribution in [0.15, 0.2) is 70.6 Å². The van der Waals surface area contributed by atoms with Crippen molar-refractivity contribution in [3.8, 4) is 6.07 Å².